The fourth-order valence-corrected chi connectivity index (χ4v) is 1.72. The number of carbonyl (C=O) groups is 1. The average molecular weight is 274 g/mol. The summed E-state index contributed by atoms with van der Waals surface area (Å²) in [5, 5.41) is 12.2. The lowest BCUT2D eigenvalue weighted by atomic mass is 10.1. The highest BCUT2D eigenvalue weighted by Gasteiger charge is 2.16. The molecule has 0 aliphatic carbocycles. The van der Waals surface area contributed by atoms with E-state index in [4.69, 9.17) is 9.63 Å². The molecule has 1 N–H and O–H groups in total. The van der Waals surface area contributed by atoms with Crippen molar-refractivity contribution in [3.8, 4) is 0 Å². The fourth-order valence-electron chi connectivity index (χ4n) is 1.32. The maximum Gasteiger partial charge on any atom is 0.309 e. The molecule has 1 heterocycles. The minimum Gasteiger partial charge on any atom is -0.481 e. The van der Waals surface area contributed by atoms with E-state index >= 15 is 0 Å². The second kappa shape index (κ2) is 3.62. The van der Waals surface area contributed by atoms with Gasteiger partial charge in [0.05, 0.1) is 11.8 Å². The van der Waals surface area contributed by atoms with Gasteiger partial charge in [0, 0.05) is 4.47 Å². The van der Waals surface area contributed by atoms with Crippen molar-refractivity contribution in [1.29, 1.82) is 0 Å². The van der Waals surface area contributed by atoms with Crippen LogP contribution in [-0.2, 0) is 11.2 Å². The summed E-state index contributed by atoms with van der Waals surface area (Å²) in [6.07, 6.45) is -0.356. The van der Waals surface area contributed by atoms with Gasteiger partial charge in [0.25, 0.3) is 0 Å². The van der Waals surface area contributed by atoms with Crippen LogP contribution < -0.4 is 0 Å². The zero-order valence-corrected chi connectivity index (χ0v) is 8.91. The molecule has 0 saturated heterocycles. The van der Waals surface area contributed by atoms with E-state index in [9.17, 15) is 9.18 Å². The van der Waals surface area contributed by atoms with E-state index in [0.717, 1.165) is 0 Å². The smallest absolute Gasteiger partial charge is 0.309 e. The van der Waals surface area contributed by atoms with Gasteiger partial charge in [-0.15, -0.1) is 0 Å². The molecular formula is C9H5BrFNO3. The van der Waals surface area contributed by atoms with Gasteiger partial charge in [-0.3, -0.25) is 4.79 Å². The molecule has 2 aromatic rings. The monoisotopic (exact) mass is 273 g/mol. The van der Waals surface area contributed by atoms with Gasteiger partial charge in [0.2, 0.25) is 0 Å². The van der Waals surface area contributed by atoms with Gasteiger partial charge in [0.1, 0.15) is 11.5 Å². The van der Waals surface area contributed by atoms with Crippen molar-refractivity contribution in [2.24, 2.45) is 0 Å². The predicted octanol–water partition coefficient (Wildman–Crippen LogP) is 2.36. The molecule has 6 heteroatoms. The van der Waals surface area contributed by atoms with Gasteiger partial charge in [0.15, 0.2) is 5.58 Å². The molecule has 78 valence electrons. The number of carboxylic acids is 1. The standard InChI is InChI=1S/C9H5BrFNO3/c10-4-1-5(11)9-6(3-8(13)14)12-15-7(9)2-4/h1-2H,3H2,(H,13,14). The number of halogens is 2. The van der Waals surface area contributed by atoms with Crippen LogP contribution in [0.3, 0.4) is 0 Å². The van der Waals surface area contributed by atoms with Crippen LogP contribution in [0.15, 0.2) is 21.1 Å². The molecule has 0 aliphatic rings. The first-order chi connectivity index (χ1) is 7.08. The Hall–Kier alpha value is -1.43. The Morgan fingerprint density at radius 2 is 2.33 bits per heavy atom. The number of benzene rings is 1. The lowest BCUT2D eigenvalue weighted by molar-refractivity contribution is -0.136. The molecule has 1 aromatic carbocycles. The van der Waals surface area contributed by atoms with Crippen molar-refractivity contribution in [1.82, 2.24) is 5.16 Å². The van der Waals surface area contributed by atoms with Crippen molar-refractivity contribution in [3.63, 3.8) is 0 Å². The minimum atomic E-state index is -1.08. The first kappa shape index (κ1) is 10.1. The van der Waals surface area contributed by atoms with Crippen LogP contribution in [0.1, 0.15) is 5.69 Å². The van der Waals surface area contributed by atoms with E-state index in [2.05, 4.69) is 21.1 Å². The summed E-state index contributed by atoms with van der Waals surface area (Å²) in [7, 11) is 0. The van der Waals surface area contributed by atoms with Crippen LogP contribution in [0.5, 0.6) is 0 Å². The third-order valence-electron chi connectivity index (χ3n) is 1.88. The van der Waals surface area contributed by atoms with Crippen LogP contribution in [0.4, 0.5) is 4.39 Å². The van der Waals surface area contributed by atoms with Crippen LogP contribution in [0.2, 0.25) is 0 Å². The molecule has 1 aromatic heterocycles. The van der Waals surface area contributed by atoms with E-state index in [1.807, 2.05) is 0 Å². The lowest BCUT2D eigenvalue weighted by Gasteiger charge is -1.94. The fraction of sp³-hybridized carbons (Fsp3) is 0.111. The van der Waals surface area contributed by atoms with Crippen LogP contribution in [-0.4, -0.2) is 16.2 Å². The molecule has 0 aliphatic heterocycles. The third kappa shape index (κ3) is 1.85. The molecule has 0 unspecified atom stereocenters. The SMILES string of the molecule is O=C(O)Cc1noc2cc(Br)cc(F)c12. The zero-order chi connectivity index (χ0) is 11.0. The highest BCUT2D eigenvalue weighted by Crippen LogP contribution is 2.26. The summed E-state index contributed by atoms with van der Waals surface area (Å²) in [6, 6.07) is 2.78. The molecule has 0 saturated carbocycles. The second-order valence-corrected chi connectivity index (χ2v) is 3.88. The summed E-state index contributed by atoms with van der Waals surface area (Å²) in [4.78, 5) is 10.5. The molecule has 0 fully saturated rings. The maximum atomic E-state index is 13.5. The Kier molecular flexibility index (Phi) is 2.44. The lowest BCUT2D eigenvalue weighted by Crippen LogP contribution is -2.00. The zero-order valence-electron chi connectivity index (χ0n) is 7.33. The number of hydrogen-bond donors (Lipinski definition) is 1. The number of hydrogen-bond acceptors (Lipinski definition) is 3. The van der Waals surface area contributed by atoms with E-state index in [1.165, 1.54) is 12.1 Å². The normalized spacial score (nSPS) is 10.8. The topological polar surface area (TPSA) is 63.3 Å². The molecule has 4 nitrogen and oxygen atoms in total. The van der Waals surface area contributed by atoms with E-state index in [0.29, 0.717) is 4.47 Å². The molecular weight excluding hydrogens is 269 g/mol. The van der Waals surface area contributed by atoms with Crippen LogP contribution in [0, 0.1) is 5.82 Å². The van der Waals surface area contributed by atoms with Crippen molar-refractivity contribution in [2.75, 3.05) is 0 Å². The number of rotatable bonds is 2. The largest absolute Gasteiger partial charge is 0.481 e. The van der Waals surface area contributed by atoms with Gasteiger partial charge in [-0.1, -0.05) is 21.1 Å². The van der Waals surface area contributed by atoms with Gasteiger partial charge in [-0.2, -0.15) is 0 Å². The number of aliphatic carboxylic acids is 1. The molecule has 15 heavy (non-hydrogen) atoms. The summed E-state index contributed by atoms with van der Waals surface area (Å²) in [6.45, 7) is 0. The Bertz CT molecular complexity index is 537. The highest BCUT2D eigenvalue weighted by molar-refractivity contribution is 9.10. The Morgan fingerprint density at radius 1 is 1.60 bits per heavy atom. The third-order valence-corrected chi connectivity index (χ3v) is 2.34. The van der Waals surface area contributed by atoms with E-state index < -0.39 is 11.8 Å². The van der Waals surface area contributed by atoms with Crippen molar-refractivity contribution < 1.29 is 18.8 Å². The number of carboxylic acid groups (broad SMARTS) is 1. The van der Waals surface area contributed by atoms with E-state index in [-0.39, 0.29) is 23.1 Å². The molecule has 0 atom stereocenters. The van der Waals surface area contributed by atoms with Gasteiger partial charge < -0.3 is 9.63 Å². The summed E-state index contributed by atoms with van der Waals surface area (Å²) < 4.78 is 18.8. The molecule has 2 rings (SSSR count). The van der Waals surface area contributed by atoms with Crippen molar-refractivity contribution in [3.05, 3.63) is 28.1 Å². The van der Waals surface area contributed by atoms with Crippen LogP contribution in [0.25, 0.3) is 11.0 Å². The summed E-state index contributed by atoms with van der Waals surface area (Å²) in [5.41, 5.74) is 0.334. The molecule has 0 amide bonds. The predicted molar refractivity (Wildman–Crippen MR) is 53.0 cm³/mol. The van der Waals surface area contributed by atoms with Crippen molar-refractivity contribution in [2.45, 2.75) is 6.42 Å². The van der Waals surface area contributed by atoms with Gasteiger partial charge >= 0.3 is 5.97 Å². The number of nitrogens with zero attached hydrogens (tertiary/aromatic N) is 1. The average Bonchev–Trinajstić information content (AvgIpc) is 2.46. The Balaban J connectivity index is 2.63. The molecule has 0 spiro atoms. The van der Waals surface area contributed by atoms with Crippen LogP contribution >= 0.6 is 15.9 Å². The molecule has 0 bridgehead atoms. The van der Waals surface area contributed by atoms with E-state index in [1.54, 1.807) is 0 Å². The maximum absolute atomic E-state index is 13.5. The van der Waals surface area contributed by atoms with Gasteiger partial charge in [-0.25, -0.2) is 4.39 Å². The number of fused-ring (bicyclic) bond motifs is 1. The highest BCUT2D eigenvalue weighted by atomic mass is 79.9. The quantitative estimate of drug-likeness (QED) is 0.913. The Labute approximate surface area is 91.8 Å². The van der Waals surface area contributed by atoms with Gasteiger partial charge in [-0.05, 0) is 12.1 Å². The first-order valence-corrected chi connectivity index (χ1v) is 4.82. The summed E-state index contributed by atoms with van der Waals surface area (Å²) >= 11 is 3.10. The minimum absolute atomic E-state index is 0.0995. The summed E-state index contributed by atoms with van der Waals surface area (Å²) in [5.74, 6) is -1.62. The second-order valence-electron chi connectivity index (χ2n) is 2.96. The van der Waals surface area contributed by atoms with Crippen molar-refractivity contribution >= 4 is 32.9 Å². The Morgan fingerprint density at radius 3 is 3.00 bits per heavy atom. The number of aromatic nitrogens is 1. The molecule has 0 radical (unpaired) electrons. The first-order valence-electron chi connectivity index (χ1n) is 4.03.